The van der Waals surface area contributed by atoms with Crippen molar-refractivity contribution in [3.63, 3.8) is 0 Å². The predicted molar refractivity (Wildman–Crippen MR) is 40.4 cm³/mol. The lowest BCUT2D eigenvalue weighted by atomic mass is 10.4. The van der Waals surface area contributed by atoms with Crippen LogP contribution >= 0.6 is 0 Å². The molecule has 0 unspecified atom stereocenters. The summed E-state index contributed by atoms with van der Waals surface area (Å²) in [6.07, 6.45) is 0.784. The van der Waals surface area contributed by atoms with Gasteiger partial charge in [-0.25, -0.2) is 8.42 Å². The minimum absolute atomic E-state index is 0.109. The summed E-state index contributed by atoms with van der Waals surface area (Å²) in [5.41, 5.74) is 5.31. The highest BCUT2D eigenvalue weighted by molar-refractivity contribution is 7.92. The van der Waals surface area contributed by atoms with E-state index < -0.39 is 9.84 Å². The second-order valence-corrected chi connectivity index (χ2v) is 5.23. The molecule has 0 heterocycles. The maximum absolute atomic E-state index is 11.1. The molecule has 0 amide bonds. The fraction of sp³-hybridized carbons (Fsp3) is 1.00. The van der Waals surface area contributed by atoms with E-state index in [1.165, 1.54) is 0 Å². The van der Waals surface area contributed by atoms with Crippen LogP contribution in [0.2, 0.25) is 0 Å². The first-order chi connectivity index (χ1) is 4.61. The van der Waals surface area contributed by atoms with Crippen molar-refractivity contribution in [2.24, 2.45) is 11.7 Å². The monoisotopic (exact) mass is 163 g/mol. The van der Waals surface area contributed by atoms with Gasteiger partial charge in [0, 0.05) is 5.75 Å². The van der Waals surface area contributed by atoms with Crippen LogP contribution in [0.5, 0.6) is 0 Å². The summed E-state index contributed by atoms with van der Waals surface area (Å²) in [5.74, 6) is 0.513. The molecular formula is C6H13NO2S. The van der Waals surface area contributed by atoms with Crippen LogP contribution in [0.1, 0.15) is 13.3 Å². The van der Waals surface area contributed by atoms with Gasteiger partial charge >= 0.3 is 0 Å². The first-order valence-electron chi connectivity index (χ1n) is 3.53. The molecule has 0 saturated heterocycles. The maximum Gasteiger partial charge on any atom is 0.153 e. The standard InChI is InChI=1S/C6H13NO2S/c1-2-10(8,9)6-3-5(6)4-7/h5-6H,2-4,7H2,1H3/t5-,6-/m0/s1. The summed E-state index contributed by atoms with van der Waals surface area (Å²) in [6, 6.07) is 0. The molecule has 2 atom stereocenters. The van der Waals surface area contributed by atoms with Crippen molar-refractivity contribution in [3.8, 4) is 0 Å². The van der Waals surface area contributed by atoms with Crippen molar-refractivity contribution in [2.45, 2.75) is 18.6 Å². The molecule has 1 saturated carbocycles. The molecule has 1 rings (SSSR count). The van der Waals surface area contributed by atoms with Crippen LogP contribution in [0.25, 0.3) is 0 Å². The first kappa shape index (κ1) is 8.01. The molecule has 0 aliphatic heterocycles. The highest BCUT2D eigenvalue weighted by Gasteiger charge is 2.44. The van der Waals surface area contributed by atoms with Crippen molar-refractivity contribution >= 4 is 9.84 Å². The van der Waals surface area contributed by atoms with Gasteiger partial charge in [0.15, 0.2) is 9.84 Å². The Hall–Kier alpha value is -0.0900. The SMILES string of the molecule is CCS(=O)(=O)[C@H]1C[C@H]1CN. The van der Waals surface area contributed by atoms with Gasteiger partial charge in [-0.1, -0.05) is 6.92 Å². The van der Waals surface area contributed by atoms with Gasteiger partial charge in [-0.2, -0.15) is 0 Å². The summed E-state index contributed by atoms with van der Waals surface area (Å²) >= 11 is 0. The lowest BCUT2D eigenvalue weighted by molar-refractivity contribution is 0.593. The molecule has 0 spiro atoms. The van der Waals surface area contributed by atoms with Gasteiger partial charge in [0.05, 0.1) is 5.25 Å². The van der Waals surface area contributed by atoms with Gasteiger partial charge in [0.1, 0.15) is 0 Å². The van der Waals surface area contributed by atoms with E-state index in [2.05, 4.69) is 0 Å². The minimum atomic E-state index is -2.77. The predicted octanol–water partition coefficient (Wildman–Crippen LogP) is -0.232. The minimum Gasteiger partial charge on any atom is -0.330 e. The average molecular weight is 163 g/mol. The van der Waals surface area contributed by atoms with E-state index in [9.17, 15) is 8.42 Å². The van der Waals surface area contributed by atoms with E-state index in [-0.39, 0.29) is 16.9 Å². The average Bonchev–Trinajstić information content (AvgIpc) is 2.66. The van der Waals surface area contributed by atoms with Crippen molar-refractivity contribution < 1.29 is 8.42 Å². The normalized spacial score (nSPS) is 32.2. The van der Waals surface area contributed by atoms with Crippen molar-refractivity contribution in [2.75, 3.05) is 12.3 Å². The summed E-state index contributed by atoms with van der Waals surface area (Å²) in [4.78, 5) is 0. The molecular weight excluding hydrogens is 150 g/mol. The lowest BCUT2D eigenvalue weighted by Crippen LogP contribution is -2.14. The molecule has 60 valence electrons. The molecule has 1 fully saturated rings. The smallest absolute Gasteiger partial charge is 0.153 e. The quantitative estimate of drug-likeness (QED) is 0.625. The Morgan fingerprint density at radius 1 is 1.60 bits per heavy atom. The zero-order valence-electron chi connectivity index (χ0n) is 6.08. The molecule has 0 radical (unpaired) electrons. The number of sulfone groups is 1. The maximum atomic E-state index is 11.1. The number of hydrogen-bond acceptors (Lipinski definition) is 3. The third-order valence-electron chi connectivity index (χ3n) is 2.02. The highest BCUT2D eigenvalue weighted by Crippen LogP contribution is 2.36. The number of hydrogen-bond donors (Lipinski definition) is 1. The van der Waals surface area contributed by atoms with E-state index in [0.717, 1.165) is 6.42 Å². The van der Waals surface area contributed by atoms with E-state index in [4.69, 9.17) is 5.73 Å². The summed E-state index contributed by atoms with van der Waals surface area (Å²) < 4.78 is 22.2. The topological polar surface area (TPSA) is 60.2 Å². The van der Waals surface area contributed by atoms with Crippen LogP contribution < -0.4 is 5.73 Å². The van der Waals surface area contributed by atoms with Gasteiger partial charge in [0.25, 0.3) is 0 Å². The Kier molecular flexibility index (Phi) is 2.01. The zero-order valence-corrected chi connectivity index (χ0v) is 6.89. The largest absolute Gasteiger partial charge is 0.330 e. The summed E-state index contributed by atoms with van der Waals surface area (Å²) in [5, 5.41) is -0.109. The lowest BCUT2D eigenvalue weighted by Gasteiger charge is -1.96. The van der Waals surface area contributed by atoms with E-state index >= 15 is 0 Å². The highest BCUT2D eigenvalue weighted by atomic mass is 32.2. The van der Waals surface area contributed by atoms with Gasteiger partial charge in [-0.15, -0.1) is 0 Å². The van der Waals surface area contributed by atoms with Crippen molar-refractivity contribution in [3.05, 3.63) is 0 Å². The van der Waals surface area contributed by atoms with Crippen LogP contribution in [-0.2, 0) is 9.84 Å². The van der Waals surface area contributed by atoms with Crippen LogP contribution in [0.4, 0.5) is 0 Å². The zero-order chi connectivity index (χ0) is 7.78. The Balaban J connectivity index is 2.55. The van der Waals surface area contributed by atoms with Crippen LogP contribution in [0, 0.1) is 5.92 Å². The van der Waals surface area contributed by atoms with Crippen LogP contribution in [0.15, 0.2) is 0 Å². The van der Waals surface area contributed by atoms with Crippen LogP contribution in [0.3, 0.4) is 0 Å². The first-order valence-corrected chi connectivity index (χ1v) is 5.25. The molecule has 0 aromatic carbocycles. The Labute approximate surface area is 61.5 Å². The Morgan fingerprint density at radius 2 is 2.20 bits per heavy atom. The molecule has 1 aliphatic rings. The molecule has 4 heteroatoms. The van der Waals surface area contributed by atoms with E-state index in [0.29, 0.717) is 6.54 Å². The summed E-state index contributed by atoms with van der Waals surface area (Å²) in [7, 11) is -2.77. The third kappa shape index (κ3) is 1.32. The molecule has 0 aromatic heterocycles. The number of nitrogens with two attached hydrogens (primary N) is 1. The van der Waals surface area contributed by atoms with Gasteiger partial charge in [-0.3, -0.25) is 0 Å². The molecule has 10 heavy (non-hydrogen) atoms. The van der Waals surface area contributed by atoms with Crippen molar-refractivity contribution in [1.82, 2.24) is 0 Å². The fourth-order valence-electron chi connectivity index (χ4n) is 1.12. The number of rotatable bonds is 3. The molecule has 1 aliphatic carbocycles. The molecule has 0 aromatic rings. The second kappa shape index (κ2) is 2.51. The Morgan fingerprint density at radius 3 is 2.50 bits per heavy atom. The fourth-order valence-corrected chi connectivity index (χ4v) is 2.79. The molecule has 0 bridgehead atoms. The third-order valence-corrected chi connectivity index (χ3v) is 4.33. The van der Waals surface area contributed by atoms with Gasteiger partial charge in [-0.05, 0) is 18.9 Å². The Bertz CT molecular complexity index is 210. The van der Waals surface area contributed by atoms with Crippen LogP contribution in [-0.4, -0.2) is 26.0 Å². The molecule has 3 nitrogen and oxygen atoms in total. The van der Waals surface area contributed by atoms with Gasteiger partial charge in [0.2, 0.25) is 0 Å². The molecule has 2 N–H and O–H groups in total. The second-order valence-electron chi connectivity index (χ2n) is 2.72. The van der Waals surface area contributed by atoms with Gasteiger partial charge < -0.3 is 5.73 Å². The van der Waals surface area contributed by atoms with E-state index in [1.807, 2.05) is 0 Å². The summed E-state index contributed by atoms with van der Waals surface area (Å²) in [6.45, 7) is 2.20. The van der Waals surface area contributed by atoms with Crippen molar-refractivity contribution in [1.29, 1.82) is 0 Å². The van der Waals surface area contributed by atoms with E-state index in [1.54, 1.807) is 6.92 Å².